The Balaban J connectivity index is 1.24. The monoisotopic (exact) mass is 1750 g/mol. The number of aliphatic imine (C=N–C) groups is 2. The predicted molar refractivity (Wildman–Crippen MR) is 466 cm³/mol. The van der Waals surface area contributed by atoms with Crippen LogP contribution in [0.4, 0.5) is 0 Å². The Morgan fingerprint density at radius 3 is 1.11 bits per heavy atom. The summed E-state index contributed by atoms with van der Waals surface area (Å²) in [5.41, 5.74) is 20.6. The van der Waals surface area contributed by atoms with E-state index in [-0.39, 0.29) is 73.6 Å². The van der Waals surface area contributed by atoms with E-state index in [1.807, 2.05) is 119 Å². The van der Waals surface area contributed by atoms with Crippen LogP contribution < -0.4 is 73.3 Å². The second-order valence-corrected chi connectivity index (χ2v) is 38.3. The highest BCUT2D eigenvalue weighted by atomic mass is 32.2. The SMILES string of the molecule is CSCC[C@H](NC(=O)[C@H](CCC(=O)OC(C)(C)C)NC(=O)[C@H](CCC(=O)OC(C)(C)C)NC(C)=O)C(=O)N[C@@H](CCC(=O)NC(c1ccccc1)(c1ccccc1)c1ccccc1)C(=O)N[C@@H](CCCN=C(N)NS(=O)(=O)c1c(C)c(C)c2c(c1C)CC(C)(C)O2)C(=O)N[C@@H](CCCN=C(N)NS(=O)(=O)c1c(C)c(C)c2c(c1C)CC(C)(C)O2)C(N)=O. The van der Waals surface area contributed by atoms with Crippen LogP contribution in [-0.4, -0.2) is 172 Å². The van der Waals surface area contributed by atoms with E-state index in [9.17, 15) is 45.6 Å². The smallest absolute Gasteiger partial charge is 0.306 e. The molecule has 6 atom stereocenters. The van der Waals surface area contributed by atoms with Gasteiger partial charge in [-0.2, -0.15) is 11.8 Å². The zero-order chi connectivity index (χ0) is 90.8. The number of benzene rings is 5. The average Bonchev–Trinajstić information content (AvgIpc) is 1.14. The first-order chi connectivity index (χ1) is 56.9. The molecule has 35 heteroatoms. The van der Waals surface area contributed by atoms with Gasteiger partial charge in [0.25, 0.3) is 20.0 Å². The van der Waals surface area contributed by atoms with Crippen LogP contribution in [0.1, 0.15) is 208 Å². The third-order valence-electron chi connectivity index (χ3n) is 20.7. The fraction of sp³-hybridized carbons (Fsp3) is 0.517. The minimum Gasteiger partial charge on any atom is -0.487 e. The Morgan fingerprint density at radius 2 is 0.779 bits per heavy atom. The maximum Gasteiger partial charge on any atom is 0.306 e. The third kappa shape index (κ3) is 27.1. The zero-order valence-corrected chi connectivity index (χ0v) is 75.6. The Bertz CT molecular complexity index is 4880. The zero-order valence-electron chi connectivity index (χ0n) is 73.1. The van der Waals surface area contributed by atoms with Gasteiger partial charge in [-0.1, -0.05) is 91.0 Å². The summed E-state index contributed by atoms with van der Waals surface area (Å²) in [6.07, 6.45) is -0.825. The standard InChI is InChI=1S/C87H122N14O18S3/c1-50-52(3)73(54(5)60-48-85(14,15)118-71(50)60)121(112,113)100-81(89)91-45-28-36-62(75(88)106)94-76(107)63(37-29-46-92-82(90)101-122(114,115)74-53(4)51(2)72-61(55(74)6)49-86(16,17)119-72)95-78(109)65(38-41-68(103)99-87(57-30-22-19-23-31-57,58-32-24-20-25-33-58)59-34-26-21-27-35-59)96-80(111)67(44-47-120-18)98-79(110)66(40-43-70(105)117-84(11,12)13)97-77(108)64(93-56(7)102)39-42-69(104)116-83(8,9)10/h19-27,30-35,62-67H,28-29,36-49H2,1-18H3,(H2,88,106)(H,93,102)(H,94,107)(H,95,109)(H,96,111)(H,97,108)(H,98,110)(H,99,103)(H3,89,91,100)(H3,90,92,101)/t62-,63-,64-,65-,66-,67-/m0/s1. The van der Waals surface area contributed by atoms with Crippen LogP contribution in [0.25, 0.3) is 0 Å². The van der Waals surface area contributed by atoms with Crippen molar-refractivity contribution in [2.45, 2.75) is 275 Å². The lowest BCUT2D eigenvalue weighted by Crippen LogP contribution is -2.60. The van der Waals surface area contributed by atoms with E-state index in [1.165, 1.54) is 11.8 Å². The number of amides is 8. The normalized spacial score (nSPS) is 15.3. The Labute approximate surface area is 720 Å². The number of hydrogen-bond donors (Lipinski definition) is 12. The quantitative estimate of drug-likeness (QED) is 0.00637. The largest absolute Gasteiger partial charge is 0.487 e. The predicted octanol–water partition coefficient (Wildman–Crippen LogP) is 6.71. The van der Waals surface area contributed by atoms with Crippen LogP contribution in [-0.2, 0) is 95.8 Å². The molecule has 5 aromatic carbocycles. The molecule has 0 spiro atoms. The van der Waals surface area contributed by atoms with E-state index < -0.39 is 181 Å². The molecule has 122 heavy (non-hydrogen) atoms. The number of fused-ring (bicyclic) bond motifs is 2. The molecule has 8 amide bonds. The van der Waals surface area contributed by atoms with Gasteiger partial charge in [0.1, 0.15) is 75.7 Å². The summed E-state index contributed by atoms with van der Waals surface area (Å²) in [6, 6.07) is 17.8. The maximum atomic E-state index is 15.6. The number of nitrogens with zero attached hydrogens (tertiary/aromatic N) is 2. The lowest BCUT2D eigenvalue weighted by atomic mass is 9.77. The van der Waals surface area contributed by atoms with Gasteiger partial charge in [0.15, 0.2) is 0 Å². The summed E-state index contributed by atoms with van der Waals surface area (Å²) in [7, 11) is -8.74. The number of sulfonamides is 2. The van der Waals surface area contributed by atoms with Gasteiger partial charge in [-0.15, -0.1) is 0 Å². The number of esters is 2. The molecule has 7 rings (SSSR count). The molecule has 666 valence electrons. The summed E-state index contributed by atoms with van der Waals surface area (Å²) < 4.78 is 84.9. The fourth-order valence-corrected chi connectivity index (χ4v) is 18.4. The van der Waals surface area contributed by atoms with Crippen LogP contribution in [0, 0.1) is 41.5 Å². The van der Waals surface area contributed by atoms with Crippen molar-refractivity contribution in [2.24, 2.45) is 27.2 Å². The van der Waals surface area contributed by atoms with E-state index in [1.54, 1.807) is 89.3 Å². The number of thioether (sulfide) groups is 1. The summed E-state index contributed by atoms with van der Waals surface area (Å²) in [6.45, 7) is 28.3. The van der Waals surface area contributed by atoms with E-state index in [2.05, 4.69) is 56.6 Å². The highest BCUT2D eigenvalue weighted by molar-refractivity contribution is 7.98. The van der Waals surface area contributed by atoms with E-state index >= 15 is 19.2 Å². The molecular formula is C87H122N14O18S3. The second kappa shape index (κ2) is 41.8. The highest BCUT2D eigenvalue weighted by Crippen LogP contribution is 2.46. The number of nitrogens with one attached hydrogen (secondary N) is 9. The van der Waals surface area contributed by atoms with Gasteiger partial charge in [0, 0.05) is 63.2 Å². The van der Waals surface area contributed by atoms with Crippen molar-refractivity contribution in [1.82, 2.24) is 46.7 Å². The van der Waals surface area contributed by atoms with Gasteiger partial charge in [0.2, 0.25) is 59.2 Å². The molecule has 2 aliphatic rings. The van der Waals surface area contributed by atoms with Gasteiger partial charge >= 0.3 is 11.9 Å². The summed E-state index contributed by atoms with van der Waals surface area (Å²) in [5, 5.41) is 19.1. The van der Waals surface area contributed by atoms with Gasteiger partial charge in [0.05, 0.1) is 9.79 Å². The molecule has 0 saturated carbocycles. The second-order valence-electron chi connectivity index (χ2n) is 34.1. The Hall–Kier alpha value is -10.8. The molecule has 2 aliphatic heterocycles. The van der Waals surface area contributed by atoms with Gasteiger partial charge in [-0.3, -0.25) is 57.9 Å². The first-order valence-electron chi connectivity index (χ1n) is 40.7. The van der Waals surface area contributed by atoms with Crippen LogP contribution in [0.2, 0.25) is 0 Å². The van der Waals surface area contributed by atoms with Crippen LogP contribution in [0.15, 0.2) is 111 Å². The number of primary amides is 1. The van der Waals surface area contributed by atoms with Gasteiger partial charge < -0.3 is 73.4 Å². The molecule has 0 aliphatic carbocycles. The van der Waals surface area contributed by atoms with Crippen LogP contribution >= 0.6 is 11.8 Å². The van der Waals surface area contributed by atoms with E-state index in [0.29, 0.717) is 74.4 Å². The Morgan fingerprint density at radius 1 is 0.459 bits per heavy atom. The lowest BCUT2D eigenvalue weighted by molar-refractivity contribution is -0.156. The topological polar surface area (TPSA) is 487 Å². The molecule has 0 radical (unpaired) electrons. The number of rotatable bonds is 40. The van der Waals surface area contributed by atoms with Crippen molar-refractivity contribution in [3.63, 3.8) is 0 Å². The summed E-state index contributed by atoms with van der Waals surface area (Å²) in [5.74, 6) is -8.46. The Kier molecular flexibility index (Phi) is 33.7. The van der Waals surface area contributed by atoms with Crippen molar-refractivity contribution in [2.75, 3.05) is 25.1 Å². The van der Waals surface area contributed by atoms with Crippen LogP contribution in [0.5, 0.6) is 11.5 Å². The lowest BCUT2D eigenvalue weighted by Gasteiger charge is -2.37. The average molecular weight is 1750 g/mol. The van der Waals surface area contributed by atoms with E-state index in [0.717, 1.165) is 18.1 Å². The van der Waals surface area contributed by atoms with Gasteiger partial charge in [-0.05, 0) is 224 Å². The molecular weight excluding hydrogens is 1630 g/mol. The summed E-state index contributed by atoms with van der Waals surface area (Å²) in [4.78, 5) is 151. The third-order valence-corrected chi connectivity index (χ3v) is 24.6. The molecule has 0 fully saturated rings. The molecule has 2 heterocycles. The first-order valence-corrected chi connectivity index (χ1v) is 45.0. The number of carbonyl (C=O) groups excluding carboxylic acids is 10. The van der Waals surface area contributed by atoms with Crippen LogP contribution in [0.3, 0.4) is 0 Å². The maximum absolute atomic E-state index is 15.6. The molecule has 15 N–H and O–H groups in total. The number of carbonyl (C=O) groups is 10. The van der Waals surface area contributed by atoms with Gasteiger partial charge in [-0.25, -0.2) is 26.3 Å². The molecule has 0 aromatic heterocycles. The molecule has 32 nitrogen and oxygen atoms in total. The van der Waals surface area contributed by atoms with Crippen molar-refractivity contribution < 1.29 is 83.7 Å². The van der Waals surface area contributed by atoms with Crippen molar-refractivity contribution in [3.05, 3.63) is 152 Å². The number of hydrogen-bond acceptors (Lipinski definition) is 21. The van der Waals surface area contributed by atoms with Crippen molar-refractivity contribution >= 4 is 103 Å². The molecule has 0 unspecified atom stereocenters. The number of guanidine groups is 2. The number of ether oxygens (including phenoxy) is 4. The minimum atomic E-state index is -4.41. The van der Waals surface area contributed by atoms with E-state index in [4.69, 9.17) is 36.1 Å². The molecule has 0 bridgehead atoms. The highest BCUT2D eigenvalue weighted by Gasteiger charge is 2.43. The minimum absolute atomic E-state index is 0.0117. The summed E-state index contributed by atoms with van der Waals surface area (Å²) >= 11 is 1.28. The van der Waals surface area contributed by atoms with Crippen molar-refractivity contribution in [3.8, 4) is 11.5 Å². The molecule has 0 saturated heterocycles. The molecule has 5 aromatic rings. The fourth-order valence-electron chi connectivity index (χ4n) is 14.8. The van der Waals surface area contributed by atoms with Crippen molar-refractivity contribution in [1.29, 1.82) is 0 Å². The first kappa shape index (κ1) is 98.3. The number of nitrogens with two attached hydrogens (primary N) is 3.